The molecule has 39 heavy (non-hydrogen) atoms. The summed E-state index contributed by atoms with van der Waals surface area (Å²) in [4.78, 5) is 51.0. The number of nitrogens with one attached hydrogen (secondary N) is 2. The normalized spacial score (nSPS) is 14.3. The van der Waals surface area contributed by atoms with Crippen LogP contribution in [0.3, 0.4) is 0 Å². The van der Waals surface area contributed by atoms with Crippen LogP contribution in [0.25, 0.3) is 6.08 Å². The first kappa shape index (κ1) is 27.5. The molecule has 0 saturated carbocycles. The maximum Gasteiger partial charge on any atom is 0.335 e. The van der Waals surface area contributed by atoms with Gasteiger partial charge in [-0.05, 0) is 83.0 Å². The topological polar surface area (TPSA) is 114 Å². The average molecular weight is 600 g/mol. The summed E-state index contributed by atoms with van der Waals surface area (Å²) in [5.41, 5.74) is 0.0539. The van der Waals surface area contributed by atoms with Gasteiger partial charge in [-0.1, -0.05) is 12.1 Å². The van der Waals surface area contributed by atoms with Crippen LogP contribution >= 0.6 is 15.9 Å². The van der Waals surface area contributed by atoms with Gasteiger partial charge in [0, 0.05) is 0 Å². The van der Waals surface area contributed by atoms with Crippen molar-refractivity contribution in [2.45, 2.75) is 6.92 Å². The van der Waals surface area contributed by atoms with Crippen LogP contribution in [0.2, 0.25) is 0 Å². The van der Waals surface area contributed by atoms with Crippen LogP contribution in [-0.4, -0.2) is 37.0 Å². The molecule has 2 N–H and O–H groups in total. The number of benzene rings is 3. The minimum Gasteiger partial charge on any atom is -0.490 e. The molecule has 4 rings (SSSR count). The van der Waals surface area contributed by atoms with E-state index in [-0.39, 0.29) is 35.1 Å². The molecule has 0 aliphatic carbocycles. The standard InChI is InChI=1S/C27H20BrF2N3O6/c1-2-38-22-13-15(12-19(28)24(22)39-14-23(34)31-21-6-4-3-5-20(21)30)11-18-25(35)32-27(37)33(26(18)36)17-9-7-16(29)8-10-17/h3-13H,2,14H2,1H3,(H,31,34)(H,32,35,37)/b18-11+. The number of hydrogen-bond acceptors (Lipinski definition) is 6. The predicted octanol–water partition coefficient (Wildman–Crippen LogP) is 4.81. The number of carbonyl (C=O) groups is 4. The van der Waals surface area contributed by atoms with Gasteiger partial charge in [0.15, 0.2) is 18.1 Å². The molecule has 3 aromatic rings. The lowest BCUT2D eigenvalue weighted by atomic mass is 10.1. The van der Waals surface area contributed by atoms with Crippen LogP contribution in [0.5, 0.6) is 11.5 Å². The fraction of sp³-hybridized carbons (Fsp3) is 0.111. The number of nitrogens with zero attached hydrogens (tertiary/aromatic N) is 1. The third-order valence-electron chi connectivity index (χ3n) is 5.32. The smallest absolute Gasteiger partial charge is 0.335 e. The molecule has 12 heteroatoms. The van der Waals surface area contributed by atoms with Crippen LogP contribution in [0, 0.1) is 11.6 Å². The van der Waals surface area contributed by atoms with Crippen molar-refractivity contribution in [3.63, 3.8) is 0 Å². The highest BCUT2D eigenvalue weighted by molar-refractivity contribution is 9.10. The van der Waals surface area contributed by atoms with Crippen molar-refractivity contribution < 1.29 is 37.4 Å². The van der Waals surface area contributed by atoms with E-state index in [0.717, 1.165) is 17.0 Å². The van der Waals surface area contributed by atoms with E-state index in [1.54, 1.807) is 13.0 Å². The number of imide groups is 2. The second-order valence-corrected chi connectivity index (χ2v) is 8.87. The Balaban J connectivity index is 1.58. The number of amides is 5. The maximum absolute atomic E-state index is 13.8. The number of carbonyl (C=O) groups excluding carboxylic acids is 4. The molecule has 3 aromatic carbocycles. The van der Waals surface area contributed by atoms with Crippen molar-refractivity contribution in [2.75, 3.05) is 23.4 Å². The van der Waals surface area contributed by atoms with Crippen molar-refractivity contribution in [1.29, 1.82) is 0 Å². The molecule has 1 aliphatic rings. The second kappa shape index (κ2) is 11.9. The molecule has 0 aromatic heterocycles. The van der Waals surface area contributed by atoms with Crippen molar-refractivity contribution >= 4 is 57.1 Å². The van der Waals surface area contributed by atoms with Gasteiger partial charge in [0.05, 0.1) is 22.5 Å². The first-order valence-corrected chi connectivity index (χ1v) is 12.3. The van der Waals surface area contributed by atoms with E-state index in [2.05, 4.69) is 26.6 Å². The molecule has 1 heterocycles. The molecule has 5 amide bonds. The van der Waals surface area contributed by atoms with Gasteiger partial charge in [0.1, 0.15) is 17.2 Å². The molecular formula is C27H20BrF2N3O6. The minimum absolute atomic E-state index is 0.000702. The zero-order chi connectivity index (χ0) is 28.1. The number of anilines is 2. The Morgan fingerprint density at radius 2 is 1.77 bits per heavy atom. The lowest BCUT2D eigenvalue weighted by Crippen LogP contribution is -2.54. The zero-order valence-corrected chi connectivity index (χ0v) is 21.9. The van der Waals surface area contributed by atoms with Crippen molar-refractivity contribution in [2.24, 2.45) is 0 Å². The van der Waals surface area contributed by atoms with Crippen LogP contribution in [0.15, 0.2) is 70.7 Å². The Labute approximate surface area is 229 Å². The number of barbiturate groups is 1. The summed E-state index contributed by atoms with van der Waals surface area (Å²) >= 11 is 3.35. The molecular weight excluding hydrogens is 580 g/mol. The third-order valence-corrected chi connectivity index (χ3v) is 5.91. The van der Waals surface area contributed by atoms with Crippen molar-refractivity contribution in [3.05, 3.63) is 87.9 Å². The quantitative estimate of drug-likeness (QED) is 0.284. The monoisotopic (exact) mass is 599 g/mol. The first-order valence-electron chi connectivity index (χ1n) is 11.5. The van der Waals surface area contributed by atoms with Gasteiger partial charge in [-0.2, -0.15) is 0 Å². The number of halogens is 3. The number of ether oxygens (including phenoxy) is 2. The van der Waals surface area contributed by atoms with Crippen LogP contribution in [0.1, 0.15) is 12.5 Å². The van der Waals surface area contributed by atoms with E-state index in [1.807, 2.05) is 0 Å². The number of para-hydroxylation sites is 1. The van der Waals surface area contributed by atoms with Gasteiger partial charge in [-0.25, -0.2) is 18.5 Å². The Hall–Kier alpha value is -4.58. The molecule has 200 valence electrons. The molecule has 9 nitrogen and oxygen atoms in total. The summed E-state index contributed by atoms with van der Waals surface area (Å²) < 4.78 is 38.7. The van der Waals surface area contributed by atoms with Crippen molar-refractivity contribution in [3.8, 4) is 11.5 Å². The molecule has 0 atom stereocenters. The second-order valence-electron chi connectivity index (χ2n) is 8.01. The fourth-order valence-corrected chi connectivity index (χ4v) is 4.18. The highest BCUT2D eigenvalue weighted by Crippen LogP contribution is 2.38. The summed E-state index contributed by atoms with van der Waals surface area (Å²) in [7, 11) is 0. The van der Waals surface area contributed by atoms with Gasteiger partial charge in [0.25, 0.3) is 17.7 Å². The Bertz CT molecular complexity index is 1490. The summed E-state index contributed by atoms with van der Waals surface area (Å²) in [5.74, 6) is -3.25. The number of urea groups is 1. The van der Waals surface area contributed by atoms with Gasteiger partial charge < -0.3 is 14.8 Å². The molecule has 1 aliphatic heterocycles. The molecule has 0 radical (unpaired) electrons. The summed E-state index contributed by atoms with van der Waals surface area (Å²) in [6, 6.07) is 12.3. The van der Waals surface area contributed by atoms with E-state index >= 15 is 0 Å². The molecule has 0 unspecified atom stereocenters. The molecule has 1 fully saturated rings. The summed E-state index contributed by atoms with van der Waals surface area (Å²) in [6.45, 7) is 1.47. The Kier molecular flexibility index (Phi) is 8.35. The minimum atomic E-state index is -0.970. The van der Waals surface area contributed by atoms with Gasteiger partial charge >= 0.3 is 6.03 Å². The molecule has 1 saturated heterocycles. The van der Waals surface area contributed by atoms with E-state index in [9.17, 15) is 28.0 Å². The Morgan fingerprint density at radius 1 is 1.05 bits per heavy atom. The highest BCUT2D eigenvalue weighted by Gasteiger charge is 2.37. The van der Waals surface area contributed by atoms with Crippen LogP contribution < -0.4 is 25.0 Å². The van der Waals surface area contributed by atoms with E-state index in [0.29, 0.717) is 10.0 Å². The molecule has 0 spiro atoms. The van der Waals surface area contributed by atoms with E-state index in [4.69, 9.17) is 9.47 Å². The Morgan fingerprint density at radius 3 is 2.46 bits per heavy atom. The van der Waals surface area contributed by atoms with E-state index in [1.165, 1.54) is 48.5 Å². The van der Waals surface area contributed by atoms with Gasteiger partial charge in [-0.3, -0.25) is 19.7 Å². The predicted molar refractivity (Wildman–Crippen MR) is 141 cm³/mol. The van der Waals surface area contributed by atoms with Crippen LogP contribution in [-0.2, 0) is 14.4 Å². The largest absolute Gasteiger partial charge is 0.490 e. The number of rotatable bonds is 8. The first-order chi connectivity index (χ1) is 18.7. The zero-order valence-electron chi connectivity index (χ0n) is 20.3. The third kappa shape index (κ3) is 6.29. The fourth-order valence-electron chi connectivity index (χ4n) is 3.61. The van der Waals surface area contributed by atoms with Gasteiger partial charge in [-0.15, -0.1) is 0 Å². The summed E-state index contributed by atoms with van der Waals surface area (Å²) in [6.07, 6.45) is 1.25. The lowest BCUT2D eigenvalue weighted by Gasteiger charge is -2.26. The SMILES string of the molecule is CCOc1cc(/C=C2\C(=O)NC(=O)N(c3ccc(F)cc3)C2=O)cc(Br)c1OCC(=O)Nc1ccccc1F. The van der Waals surface area contributed by atoms with Crippen LogP contribution in [0.4, 0.5) is 25.0 Å². The number of hydrogen-bond donors (Lipinski definition) is 2. The summed E-state index contributed by atoms with van der Waals surface area (Å²) in [5, 5.41) is 4.50. The van der Waals surface area contributed by atoms with E-state index < -0.39 is 42.0 Å². The average Bonchev–Trinajstić information content (AvgIpc) is 2.88. The maximum atomic E-state index is 13.8. The van der Waals surface area contributed by atoms with Gasteiger partial charge in [0.2, 0.25) is 0 Å². The highest BCUT2D eigenvalue weighted by atomic mass is 79.9. The lowest BCUT2D eigenvalue weighted by molar-refractivity contribution is -0.122. The van der Waals surface area contributed by atoms with Crippen molar-refractivity contribution in [1.82, 2.24) is 5.32 Å². The molecule has 0 bridgehead atoms.